The number of nitrogens with zero attached hydrogens (tertiary/aromatic N) is 1. The Balaban J connectivity index is 0.00000320. The van der Waals surface area contributed by atoms with Crippen LogP contribution in [-0.2, 0) is 23.0 Å². The molecule has 0 aliphatic heterocycles. The summed E-state index contributed by atoms with van der Waals surface area (Å²) in [6.07, 6.45) is 1.06. The Morgan fingerprint density at radius 2 is 1.90 bits per heavy atom. The molecule has 3 rings (SSSR count). The second kappa shape index (κ2) is 10.8. The van der Waals surface area contributed by atoms with Crippen LogP contribution in [0.3, 0.4) is 0 Å². The smallest absolute Gasteiger partial charge is 0.748 e. The molecule has 0 spiro atoms. The van der Waals surface area contributed by atoms with Crippen LogP contribution in [0.25, 0.3) is 11.0 Å². The standard InChI is InChI=1S/C19H21NO8S.K/c1-26-17-6-4-12(9-15(17)21)3-5-14-19-16(22)10-13(11-18(19)28-20-14)27-7-2-8-29(23,24)25;/h4,6,9-11,21-22H,2-3,5,7-8H2,1H3,(H,23,24,25);/q;+1/p-1. The average molecular weight is 462 g/mol. The van der Waals surface area contributed by atoms with E-state index in [0.29, 0.717) is 35.3 Å². The summed E-state index contributed by atoms with van der Waals surface area (Å²) < 4.78 is 47.5. The number of fused-ring (bicyclic) bond motifs is 1. The molecule has 0 saturated carbocycles. The zero-order chi connectivity index (χ0) is 21.0. The minimum atomic E-state index is -4.28. The van der Waals surface area contributed by atoms with Crippen LogP contribution in [0.1, 0.15) is 17.7 Å². The van der Waals surface area contributed by atoms with E-state index >= 15 is 0 Å². The van der Waals surface area contributed by atoms with Crippen molar-refractivity contribution in [3.05, 3.63) is 41.6 Å². The van der Waals surface area contributed by atoms with Gasteiger partial charge < -0.3 is 28.8 Å². The zero-order valence-electron chi connectivity index (χ0n) is 16.6. The van der Waals surface area contributed by atoms with Gasteiger partial charge in [-0.2, -0.15) is 0 Å². The molecule has 0 radical (unpaired) electrons. The minimum Gasteiger partial charge on any atom is -0.748 e. The van der Waals surface area contributed by atoms with Gasteiger partial charge in [0, 0.05) is 17.9 Å². The topological polar surface area (TPSA) is 142 Å². The van der Waals surface area contributed by atoms with E-state index in [2.05, 4.69) is 5.16 Å². The van der Waals surface area contributed by atoms with E-state index in [4.69, 9.17) is 14.0 Å². The fraction of sp³-hybridized carbons (Fsp3) is 0.316. The van der Waals surface area contributed by atoms with Crippen molar-refractivity contribution in [2.24, 2.45) is 0 Å². The summed E-state index contributed by atoms with van der Waals surface area (Å²) in [5.41, 5.74) is 1.74. The molecule has 2 aromatic carbocycles. The molecule has 11 heteroatoms. The Morgan fingerprint density at radius 1 is 1.13 bits per heavy atom. The van der Waals surface area contributed by atoms with Gasteiger partial charge >= 0.3 is 51.4 Å². The van der Waals surface area contributed by atoms with Gasteiger partial charge in [0.25, 0.3) is 0 Å². The van der Waals surface area contributed by atoms with Crippen LogP contribution in [0.15, 0.2) is 34.9 Å². The van der Waals surface area contributed by atoms with Crippen molar-refractivity contribution in [3.8, 4) is 23.0 Å². The molecule has 3 aromatic rings. The SMILES string of the molecule is COc1ccc(CCc2noc3cc(OCCCS(=O)(=O)[O-])cc(O)c23)cc1O.[K+]. The number of hydrogen-bond donors (Lipinski definition) is 2. The quantitative estimate of drug-likeness (QED) is 0.241. The summed E-state index contributed by atoms with van der Waals surface area (Å²) in [6, 6.07) is 8.03. The molecule has 0 bridgehead atoms. The molecule has 0 saturated heterocycles. The first kappa shape index (κ1) is 24.9. The Morgan fingerprint density at radius 3 is 2.57 bits per heavy atom. The summed E-state index contributed by atoms with van der Waals surface area (Å²) >= 11 is 0. The maximum Gasteiger partial charge on any atom is 1.00 e. The first-order chi connectivity index (χ1) is 13.8. The third kappa shape index (κ3) is 6.58. The number of ether oxygens (including phenoxy) is 2. The van der Waals surface area contributed by atoms with Gasteiger partial charge in [0.05, 0.1) is 34.9 Å². The van der Waals surface area contributed by atoms with Crippen molar-refractivity contribution in [2.75, 3.05) is 19.5 Å². The molecular formula is C19H20KNO8S. The Hall–Kier alpha value is -1.34. The first-order valence-corrected chi connectivity index (χ1v) is 10.4. The van der Waals surface area contributed by atoms with Gasteiger partial charge in [-0.15, -0.1) is 0 Å². The third-order valence-electron chi connectivity index (χ3n) is 4.30. The number of phenolic OH excluding ortho intramolecular Hbond substituents is 2. The maximum atomic E-state index is 10.6. The van der Waals surface area contributed by atoms with E-state index in [1.54, 1.807) is 12.1 Å². The maximum absolute atomic E-state index is 10.6. The van der Waals surface area contributed by atoms with Crippen molar-refractivity contribution in [1.29, 1.82) is 0 Å². The van der Waals surface area contributed by atoms with Crippen molar-refractivity contribution >= 4 is 21.1 Å². The second-order valence-electron chi connectivity index (χ2n) is 6.41. The number of rotatable bonds is 9. The predicted molar refractivity (Wildman–Crippen MR) is 102 cm³/mol. The average Bonchev–Trinajstić information content (AvgIpc) is 3.06. The number of hydrogen-bond acceptors (Lipinski definition) is 9. The summed E-state index contributed by atoms with van der Waals surface area (Å²) in [5, 5.41) is 24.7. The number of aromatic nitrogens is 1. The Kier molecular flexibility index (Phi) is 8.97. The zero-order valence-corrected chi connectivity index (χ0v) is 20.6. The molecule has 1 aromatic heterocycles. The van der Waals surface area contributed by atoms with Crippen molar-refractivity contribution in [3.63, 3.8) is 0 Å². The van der Waals surface area contributed by atoms with Crippen LogP contribution in [0.2, 0.25) is 0 Å². The number of aryl methyl sites for hydroxylation is 2. The van der Waals surface area contributed by atoms with Crippen LogP contribution in [-0.4, -0.2) is 47.8 Å². The van der Waals surface area contributed by atoms with E-state index in [-0.39, 0.29) is 81.7 Å². The predicted octanol–water partition coefficient (Wildman–Crippen LogP) is -0.649. The Labute approximate surface area is 216 Å². The van der Waals surface area contributed by atoms with Gasteiger partial charge in [-0.3, -0.25) is 0 Å². The fourth-order valence-electron chi connectivity index (χ4n) is 2.92. The van der Waals surface area contributed by atoms with Gasteiger partial charge in [0.2, 0.25) is 0 Å². The number of methoxy groups -OCH3 is 1. The van der Waals surface area contributed by atoms with Crippen LogP contribution in [0.4, 0.5) is 0 Å². The fourth-order valence-corrected chi connectivity index (χ4v) is 3.39. The first-order valence-electron chi connectivity index (χ1n) is 8.80. The largest absolute Gasteiger partial charge is 1.00 e. The molecule has 156 valence electrons. The monoisotopic (exact) mass is 461 g/mol. The van der Waals surface area contributed by atoms with Crippen LogP contribution in [0, 0.1) is 0 Å². The van der Waals surface area contributed by atoms with E-state index in [1.807, 2.05) is 6.07 Å². The molecule has 0 unspecified atom stereocenters. The molecule has 30 heavy (non-hydrogen) atoms. The molecule has 0 amide bonds. The molecule has 0 aliphatic carbocycles. The van der Waals surface area contributed by atoms with Gasteiger partial charge in [0.1, 0.15) is 11.5 Å². The number of phenols is 2. The molecular weight excluding hydrogens is 441 g/mol. The van der Waals surface area contributed by atoms with Crippen LogP contribution >= 0.6 is 0 Å². The summed E-state index contributed by atoms with van der Waals surface area (Å²) in [7, 11) is -2.81. The van der Waals surface area contributed by atoms with Crippen LogP contribution in [0.5, 0.6) is 23.0 Å². The van der Waals surface area contributed by atoms with Gasteiger partial charge in [-0.05, 0) is 37.0 Å². The van der Waals surface area contributed by atoms with E-state index in [1.165, 1.54) is 19.2 Å². The van der Waals surface area contributed by atoms with E-state index in [9.17, 15) is 23.2 Å². The van der Waals surface area contributed by atoms with E-state index in [0.717, 1.165) is 5.56 Å². The molecule has 1 heterocycles. The summed E-state index contributed by atoms with van der Waals surface area (Å²) in [4.78, 5) is 0. The number of benzene rings is 2. The normalized spacial score (nSPS) is 11.3. The van der Waals surface area contributed by atoms with Gasteiger partial charge in [-0.1, -0.05) is 11.2 Å². The van der Waals surface area contributed by atoms with Crippen LogP contribution < -0.4 is 60.9 Å². The summed E-state index contributed by atoms with van der Waals surface area (Å²) in [5.74, 6) is 0.112. The third-order valence-corrected chi connectivity index (χ3v) is 5.09. The van der Waals surface area contributed by atoms with Crippen molar-refractivity contribution in [1.82, 2.24) is 5.16 Å². The van der Waals surface area contributed by atoms with Gasteiger partial charge in [-0.25, -0.2) is 8.42 Å². The van der Waals surface area contributed by atoms with Crippen molar-refractivity contribution < 1.29 is 88.6 Å². The molecule has 0 aliphatic rings. The van der Waals surface area contributed by atoms with Gasteiger partial charge in [0.15, 0.2) is 17.1 Å². The molecule has 2 N–H and O–H groups in total. The summed E-state index contributed by atoms with van der Waals surface area (Å²) in [6.45, 7) is 0.00831. The molecule has 0 fully saturated rings. The molecule has 0 atom stereocenters. The van der Waals surface area contributed by atoms with E-state index < -0.39 is 15.9 Å². The number of aromatic hydroxyl groups is 2. The Bertz CT molecular complexity index is 1110. The van der Waals surface area contributed by atoms with Crippen molar-refractivity contribution in [2.45, 2.75) is 19.3 Å². The minimum absolute atomic E-state index is 0. The molecule has 9 nitrogen and oxygen atoms in total. The second-order valence-corrected chi connectivity index (χ2v) is 7.94.